The Morgan fingerprint density at radius 3 is 2.39 bits per heavy atom. The van der Waals surface area contributed by atoms with Crippen LogP contribution in [0, 0.1) is 0 Å². The maximum absolute atomic E-state index is 13.2. The van der Waals surface area contributed by atoms with E-state index in [4.69, 9.17) is 27.9 Å². The topological polar surface area (TPSA) is 58.6 Å². The number of amides is 2. The number of carbonyl (C=O) groups excluding carboxylic acids is 2. The van der Waals surface area contributed by atoms with Gasteiger partial charge in [0.05, 0.1) is 14.5 Å². The summed E-state index contributed by atoms with van der Waals surface area (Å²) in [5.74, 6) is 0.0296. The molecule has 33 heavy (non-hydrogen) atoms. The fourth-order valence-electron chi connectivity index (χ4n) is 3.12. The summed E-state index contributed by atoms with van der Waals surface area (Å²) in [4.78, 5) is 27.3. The Labute approximate surface area is 214 Å². The lowest BCUT2D eigenvalue weighted by Gasteiger charge is -2.29. The second kappa shape index (κ2) is 12.1. The average molecular weight is 558 g/mol. The summed E-state index contributed by atoms with van der Waals surface area (Å²) < 4.78 is 6.59. The molecule has 0 aromatic heterocycles. The zero-order chi connectivity index (χ0) is 24.8. The third-order valence-electron chi connectivity index (χ3n) is 5.20. The van der Waals surface area contributed by atoms with E-state index in [-0.39, 0.29) is 30.4 Å². The largest absolute Gasteiger partial charge is 0.483 e. The van der Waals surface area contributed by atoms with Crippen LogP contribution in [0.25, 0.3) is 0 Å². The molecule has 8 heteroatoms. The van der Waals surface area contributed by atoms with Crippen LogP contribution in [0.4, 0.5) is 0 Å². The molecule has 0 aliphatic rings. The van der Waals surface area contributed by atoms with Gasteiger partial charge < -0.3 is 15.0 Å². The first-order valence-electron chi connectivity index (χ1n) is 10.9. The molecular weight excluding hydrogens is 527 g/mol. The van der Waals surface area contributed by atoms with Gasteiger partial charge in [-0.1, -0.05) is 63.0 Å². The summed E-state index contributed by atoms with van der Waals surface area (Å²) in [6, 6.07) is 10.3. The van der Waals surface area contributed by atoms with Crippen molar-refractivity contribution in [2.24, 2.45) is 0 Å². The van der Waals surface area contributed by atoms with E-state index in [9.17, 15) is 9.59 Å². The Balaban J connectivity index is 2.20. The molecule has 0 saturated carbocycles. The molecule has 0 fully saturated rings. The van der Waals surface area contributed by atoms with E-state index in [1.54, 1.807) is 25.1 Å². The molecule has 0 spiro atoms. The lowest BCUT2D eigenvalue weighted by Crippen LogP contribution is -2.49. The van der Waals surface area contributed by atoms with Crippen LogP contribution >= 0.6 is 39.1 Å². The quantitative estimate of drug-likeness (QED) is 0.389. The van der Waals surface area contributed by atoms with Crippen LogP contribution in [0.1, 0.15) is 52.2 Å². The fraction of sp³-hybridized carbons (Fsp3) is 0.440. The van der Waals surface area contributed by atoms with E-state index in [1.807, 2.05) is 25.1 Å². The lowest BCUT2D eigenvalue weighted by molar-refractivity contribution is -0.142. The summed E-state index contributed by atoms with van der Waals surface area (Å²) in [5.41, 5.74) is 1.91. The maximum Gasteiger partial charge on any atom is 0.261 e. The highest BCUT2D eigenvalue weighted by Crippen LogP contribution is 2.31. The van der Waals surface area contributed by atoms with E-state index in [0.29, 0.717) is 22.3 Å². The van der Waals surface area contributed by atoms with Crippen molar-refractivity contribution >= 4 is 50.9 Å². The second-order valence-electron chi connectivity index (χ2n) is 8.92. The minimum absolute atomic E-state index is 0.00515. The minimum Gasteiger partial charge on any atom is -0.483 e. The van der Waals surface area contributed by atoms with Crippen LogP contribution in [0.3, 0.4) is 0 Å². The molecule has 1 atom stereocenters. The predicted molar refractivity (Wildman–Crippen MR) is 138 cm³/mol. The highest BCUT2D eigenvalue weighted by Gasteiger charge is 2.27. The zero-order valence-corrected chi connectivity index (χ0v) is 22.8. The number of nitrogens with one attached hydrogen (secondary N) is 1. The van der Waals surface area contributed by atoms with Gasteiger partial charge >= 0.3 is 0 Å². The summed E-state index contributed by atoms with van der Waals surface area (Å²) >= 11 is 15.7. The summed E-state index contributed by atoms with van der Waals surface area (Å²) in [6.07, 6.45) is 0.806. The van der Waals surface area contributed by atoms with Crippen molar-refractivity contribution in [3.05, 3.63) is 62.0 Å². The third kappa shape index (κ3) is 7.90. The van der Waals surface area contributed by atoms with Crippen LogP contribution in [0.5, 0.6) is 5.75 Å². The van der Waals surface area contributed by atoms with Gasteiger partial charge in [-0.2, -0.15) is 0 Å². The number of carbonyl (C=O) groups is 2. The smallest absolute Gasteiger partial charge is 0.261 e. The van der Waals surface area contributed by atoms with Gasteiger partial charge in [-0.25, -0.2) is 0 Å². The van der Waals surface area contributed by atoms with E-state index in [0.717, 1.165) is 22.0 Å². The molecule has 0 bridgehead atoms. The molecule has 2 amide bonds. The van der Waals surface area contributed by atoms with Gasteiger partial charge in [-0.15, -0.1) is 0 Å². The maximum atomic E-state index is 13.2. The Morgan fingerprint density at radius 1 is 1.12 bits per heavy atom. The molecule has 2 rings (SSSR count). The van der Waals surface area contributed by atoms with Gasteiger partial charge in [0, 0.05) is 13.1 Å². The Morgan fingerprint density at radius 2 is 1.82 bits per heavy atom. The van der Waals surface area contributed by atoms with E-state index < -0.39 is 6.04 Å². The first-order chi connectivity index (χ1) is 15.4. The molecule has 0 unspecified atom stereocenters. The normalized spacial score (nSPS) is 12.2. The highest BCUT2D eigenvalue weighted by atomic mass is 79.9. The summed E-state index contributed by atoms with van der Waals surface area (Å²) in [7, 11) is 0. The molecule has 2 aromatic rings. The Kier molecular flexibility index (Phi) is 10.1. The first-order valence-corrected chi connectivity index (χ1v) is 12.4. The molecule has 2 aromatic carbocycles. The van der Waals surface area contributed by atoms with Gasteiger partial charge in [0.1, 0.15) is 11.8 Å². The van der Waals surface area contributed by atoms with Crippen molar-refractivity contribution in [1.82, 2.24) is 10.2 Å². The highest BCUT2D eigenvalue weighted by molar-refractivity contribution is 9.10. The molecule has 0 aliphatic carbocycles. The van der Waals surface area contributed by atoms with E-state index >= 15 is 0 Å². The molecule has 1 N–H and O–H groups in total. The summed E-state index contributed by atoms with van der Waals surface area (Å²) in [6.45, 7) is 10.6. The van der Waals surface area contributed by atoms with Gasteiger partial charge in [0.15, 0.2) is 6.61 Å². The van der Waals surface area contributed by atoms with Crippen molar-refractivity contribution in [3.63, 3.8) is 0 Å². The van der Waals surface area contributed by atoms with Crippen molar-refractivity contribution in [1.29, 1.82) is 0 Å². The van der Waals surface area contributed by atoms with Crippen molar-refractivity contribution < 1.29 is 14.3 Å². The summed E-state index contributed by atoms with van der Waals surface area (Å²) in [5, 5.41) is 3.67. The van der Waals surface area contributed by atoms with Crippen molar-refractivity contribution in [3.8, 4) is 5.75 Å². The Bertz CT molecular complexity index is 992. The van der Waals surface area contributed by atoms with Crippen LogP contribution < -0.4 is 10.1 Å². The van der Waals surface area contributed by atoms with Crippen LogP contribution in [-0.4, -0.2) is 35.9 Å². The van der Waals surface area contributed by atoms with Gasteiger partial charge in [-0.3, -0.25) is 9.59 Å². The molecular formula is C25H31BrCl2N2O3. The number of rotatable bonds is 9. The molecule has 0 aliphatic heterocycles. The zero-order valence-electron chi connectivity index (χ0n) is 19.7. The van der Waals surface area contributed by atoms with Crippen molar-refractivity contribution in [2.75, 3.05) is 13.2 Å². The van der Waals surface area contributed by atoms with E-state index in [1.165, 1.54) is 4.90 Å². The molecule has 0 heterocycles. The van der Waals surface area contributed by atoms with Gasteiger partial charge in [-0.05, 0) is 70.1 Å². The van der Waals surface area contributed by atoms with Gasteiger partial charge in [0.2, 0.25) is 5.91 Å². The number of nitrogens with zero attached hydrogens (tertiary/aromatic N) is 1. The number of halogens is 3. The lowest BCUT2D eigenvalue weighted by atomic mass is 9.87. The van der Waals surface area contributed by atoms with Crippen LogP contribution in [-0.2, 0) is 21.5 Å². The van der Waals surface area contributed by atoms with Gasteiger partial charge in [0.25, 0.3) is 5.91 Å². The monoisotopic (exact) mass is 556 g/mol. The first kappa shape index (κ1) is 27.5. The standard InChI is InChI=1S/C25H31BrCl2N2O3/c1-6-11-29-24(32)16(2)30(14-17-7-9-20(27)21(28)12-17)23(31)15-33-22-10-8-18(13-19(22)26)25(3,4)5/h7-10,12-13,16H,6,11,14-15H2,1-5H3,(H,29,32)/t16-/m0/s1. The van der Waals surface area contributed by atoms with Crippen LogP contribution in [0.15, 0.2) is 40.9 Å². The molecule has 180 valence electrons. The van der Waals surface area contributed by atoms with Crippen LogP contribution in [0.2, 0.25) is 10.0 Å². The third-order valence-corrected chi connectivity index (χ3v) is 6.56. The second-order valence-corrected chi connectivity index (χ2v) is 10.6. The number of benzene rings is 2. The fourth-order valence-corrected chi connectivity index (χ4v) is 3.93. The van der Waals surface area contributed by atoms with E-state index in [2.05, 4.69) is 42.0 Å². The number of ether oxygens (including phenoxy) is 1. The molecule has 0 saturated heterocycles. The number of hydrogen-bond donors (Lipinski definition) is 1. The SMILES string of the molecule is CCCNC(=O)[C@H](C)N(Cc1ccc(Cl)c(Cl)c1)C(=O)COc1ccc(C(C)(C)C)cc1Br. The minimum atomic E-state index is -0.686. The van der Waals surface area contributed by atoms with Crippen molar-refractivity contribution in [2.45, 2.75) is 59.0 Å². The number of hydrogen-bond acceptors (Lipinski definition) is 3. The average Bonchev–Trinajstić information content (AvgIpc) is 2.75. The molecule has 5 nitrogen and oxygen atoms in total. The Hall–Kier alpha value is -1.76. The predicted octanol–water partition coefficient (Wildman–Crippen LogP) is 6.38. The molecule has 0 radical (unpaired) electrons.